The number of aromatic nitrogens is 1. The Labute approximate surface area is 155 Å². The van der Waals surface area contributed by atoms with Gasteiger partial charge in [-0.3, -0.25) is 0 Å². The number of hydrogen-bond donors (Lipinski definition) is 0. The van der Waals surface area contributed by atoms with Crippen LogP contribution < -0.4 is 0 Å². The van der Waals surface area contributed by atoms with Gasteiger partial charge in [-0.25, -0.2) is 4.98 Å². The molecule has 128 valence electrons. The van der Waals surface area contributed by atoms with Crippen LogP contribution in [0.3, 0.4) is 0 Å². The van der Waals surface area contributed by atoms with Crippen molar-refractivity contribution in [1.29, 1.82) is 0 Å². The second-order valence-electron chi connectivity index (χ2n) is 7.10. The third kappa shape index (κ3) is 3.95. The molecule has 1 aromatic carbocycles. The van der Waals surface area contributed by atoms with Crippen LogP contribution in [-0.4, -0.2) is 4.98 Å². The molecule has 1 saturated carbocycles. The van der Waals surface area contributed by atoms with Gasteiger partial charge in [0, 0.05) is 11.8 Å². The lowest BCUT2D eigenvalue weighted by Gasteiger charge is -2.32. The minimum Gasteiger partial charge on any atom is -0.242 e. The zero-order valence-electron chi connectivity index (χ0n) is 14.4. The maximum absolute atomic E-state index is 6.08. The van der Waals surface area contributed by atoms with Gasteiger partial charge in [-0.2, -0.15) is 0 Å². The van der Waals surface area contributed by atoms with Gasteiger partial charge in [0.05, 0.1) is 5.02 Å². The van der Waals surface area contributed by atoms with Gasteiger partial charge in [0.1, 0.15) is 5.15 Å². The molecule has 0 N–H and O–H groups in total. The molecule has 0 saturated heterocycles. The molecule has 1 nitrogen and oxygen atoms in total. The zero-order chi connectivity index (χ0) is 17.1. The topological polar surface area (TPSA) is 12.9 Å². The molecular weight excluding hydrogens is 337 g/mol. The van der Waals surface area contributed by atoms with Crippen molar-refractivity contribution in [3.8, 4) is 11.1 Å². The summed E-state index contributed by atoms with van der Waals surface area (Å²) in [6.45, 7) is 4.71. The third-order valence-electron chi connectivity index (χ3n) is 5.74. The van der Waals surface area contributed by atoms with Crippen LogP contribution in [0.1, 0.15) is 57.4 Å². The molecule has 1 aromatic heterocycles. The van der Waals surface area contributed by atoms with E-state index in [-0.39, 0.29) is 0 Å². The van der Waals surface area contributed by atoms with Gasteiger partial charge >= 0.3 is 0 Å². The van der Waals surface area contributed by atoms with E-state index in [2.05, 4.69) is 43.1 Å². The standard InChI is InChI=1S/C21H25Cl2N/c1-3-15-4-6-16(7-5-15)14(2)17-8-10-18(11-9-17)19-12-20(22)21(23)24-13-19/h8-16H,3-7H2,1-2H3. The molecule has 24 heavy (non-hydrogen) atoms. The van der Waals surface area contributed by atoms with Crippen molar-refractivity contribution in [3.63, 3.8) is 0 Å². The normalized spacial score (nSPS) is 22.3. The van der Waals surface area contributed by atoms with E-state index in [1.165, 1.54) is 37.7 Å². The van der Waals surface area contributed by atoms with Gasteiger partial charge in [0.15, 0.2) is 0 Å². The van der Waals surface area contributed by atoms with Crippen LogP contribution in [0.4, 0.5) is 0 Å². The highest BCUT2D eigenvalue weighted by atomic mass is 35.5. The van der Waals surface area contributed by atoms with Crippen LogP contribution >= 0.6 is 23.2 Å². The maximum Gasteiger partial charge on any atom is 0.147 e. The Bertz CT molecular complexity index is 673. The molecule has 1 aliphatic carbocycles. The fourth-order valence-electron chi connectivity index (χ4n) is 3.93. The molecule has 1 unspecified atom stereocenters. The number of rotatable bonds is 4. The van der Waals surface area contributed by atoms with Gasteiger partial charge in [-0.15, -0.1) is 0 Å². The van der Waals surface area contributed by atoms with Gasteiger partial charge in [0.2, 0.25) is 0 Å². The van der Waals surface area contributed by atoms with E-state index in [0.29, 0.717) is 16.1 Å². The van der Waals surface area contributed by atoms with Crippen LogP contribution in [0, 0.1) is 11.8 Å². The molecule has 0 aliphatic heterocycles. The predicted octanol–water partition coefficient (Wildman–Crippen LogP) is 7.38. The Morgan fingerprint density at radius 1 is 1.04 bits per heavy atom. The summed E-state index contributed by atoms with van der Waals surface area (Å²) in [5.41, 5.74) is 3.57. The summed E-state index contributed by atoms with van der Waals surface area (Å²) < 4.78 is 0. The van der Waals surface area contributed by atoms with E-state index < -0.39 is 0 Å². The average Bonchev–Trinajstić information content (AvgIpc) is 2.63. The number of benzene rings is 1. The number of halogens is 2. The molecule has 1 fully saturated rings. The quantitative estimate of drug-likeness (QED) is 0.517. The molecule has 1 atom stereocenters. The van der Waals surface area contributed by atoms with Crippen LogP contribution in [0.5, 0.6) is 0 Å². The molecule has 3 heteroatoms. The maximum atomic E-state index is 6.08. The Hall–Kier alpha value is -1.05. The van der Waals surface area contributed by atoms with E-state index in [1.54, 1.807) is 6.20 Å². The monoisotopic (exact) mass is 361 g/mol. The molecule has 1 heterocycles. The van der Waals surface area contributed by atoms with Crippen LogP contribution in [0.2, 0.25) is 10.2 Å². The first-order valence-electron chi connectivity index (χ1n) is 8.99. The summed E-state index contributed by atoms with van der Waals surface area (Å²) in [5.74, 6) is 2.41. The van der Waals surface area contributed by atoms with Gasteiger partial charge in [-0.1, -0.05) is 80.6 Å². The van der Waals surface area contributed by atoms with Gasteiger partial charge in [-0.05, 0) is 47.8 Å². The smallest absolute Gasteiger partial charge is 0.147 e. The number of nitrogens with zero attached hydrogens (tertiary/aromatic N) is 1. The van der Waals surface area contributed by atoms with Crippen molar-refractivity contribution in [2.45, 2.75) is 51.9 Å². The van der Waals surface area contributed by atoms with E-state index in [4.69, 9.17) is 23.2 Å². The predicted molar refractivity (Wildman–Crippen MR) is 104 cm³/mol. The Morgan fingerprint density at radius 3 is 2.29 bits per heavy atom. The van der Waals surface area contributed by atoms with Crippen molar-refractivity contribution in [1.82, 2.24) is 4.98 Å². The number of pyridine rings is 1. The molecule has 3 rings (SSSR count). The Morgan fingerprint density at radius 2 is 1.71 bits per heavy atom. The largest absolute Gasteiger partial charge is 0.242 e. The van der Waals surface area contributed by atoms with Crippen molar-refractivity contribution >= 4 is 23.2 Å². The van der Waals surface area contributed by atoms with E-state index >= 15 is 0 Å². The van der Waals surface area contributed by atoms with Gasteiger partial charge < -0.3 is 0 Å². The van der Waals surface area contributed by atoms with Crippen LogP contribution in [0.25, 0.3) is 11.1 Å². The molecule has 0 amide bonds. The lowest BCUT2D eigenvalue weighted by atomic mass is 9.73. The first-order valence-corrected chi connectivity index (χ1v) is 9.75. The van der Waals surface area contributed by atoms with E-state index in [0.717, 1.165) is 23.0 Å². The second kappa shape index (κ2) is 7.89. The van der Waals surface area contributed by atoms with Crippen molar-refractivity contribution in [2.24, 2.45) is 11.8 Å². The highest BCUT2D eigenvalue weighted by Gasteiger charge is 2.25. The summed E-state index contributed by atoms with van der Waals surface area (Å²) in [6, 6.07) is 10.7. The Balaban J connectivity index is 1.71. The summed E-state index contributed by atoms with van der Waals surface area (Å²) in [7, 11) is 0. The van der Waals surface area contributed by atoms with E-state index in [1.807, 2.05) is 6.07 Å². The first kappa shape index (κ1) is 17.8. The third-order valence-corrected chi connectivity index (χ3v) is 6.43. The minimum absolute atomic E-state index is 0.355. The second-order valence-corrected chi connectivity index (χ2v) is 7.86. The molecular formula is C21H25Cl2N. The molecule has 0 radical (unpaired) electrons. The van der Waals surface area contributed by atoms with E-state index in [9.17, 15) is 0 Å². The lowest BCUT2D eigenvalue weighted by Crippen LogP contribution is -2.18. The van der Waals surface area contributed by atoms with Crippen molar-refractivity contribution < 1.29 is 0 Å². The fourth-order valence-corrected chi connectivity index (χ4v) is 4.20. The Kier molecular flexibility index (Phi) is 5.84. The molecule has 2 aromatic rings. The van der Waals surface area contributed by atoms with Crippen LogP contribution in [0.15, 0.2) is 36.5 Å². The first-order chi connectivity index (χ1) is 11.6. The average molecular weight is 362 g/mol. The summed E-state index contributed by atoms with van der Waals surface area (Å²) >= 11 is 12.0. The van der Waals surface area contributed by atoms with Crippen molar-refractivity contribution in [3.05, 3.63) is 52.3 Å². The SMILES string of the molecule is CCC1CCC(C(C)c2ccc(-c3cnc(Cl)c(Cl)c3)cc2)CC1. The number of hydrogen-bond acceptors (Lipinski definition) is 1. The molecule has 0 spiro atoms. The van der Waals surface area contributed by atoms with Crippen molar-refractivity contribution in [2.75, 3.05) is 0 Å². The highest BCUT2D eigenvalue weighted by molar-refractivity contribution is 6.41. The zero-order valence-corrected chi connectivity index (χ0v) is 15.9. The summed E-state index contributed by atoms with van der Waals surface area (Å²) in [6.07, 6.45) is 8.67. The summed E-state index contributed by atoms with van der Waals surface area (Å²) in [4.78, 5) is 4.13. The highest BCUT2D eigenvalue weighted by Crippen LogP contribution is 2.39. The van der Waals surface area contributed by atoms with Crippen LogP contribution in [-0.2, 0) is 0 Å². The van der Waals surface area contributed by atoms with Gasteiger partial charge in [0.25, 0.3) is 0 Å². The summed E-state index contributed by atoms with van der Waals surface area (Å²) in [5, 5.41) is 0.854. The fraction of sp³-hybridized carbons (Fsp3) is 0.476. The minimum atomic E-state index is 0.355. The molecule has 1 aliphatic rings. The lowest BCUT2D eigenvalue weighted by molar-refractivity contribution is 0.244. The molecule has 0 bridgehead atoms.